The minimum atomic E-state index is -5.08. The maximum atomic E-state index is 13.0. The zero-order chi connectivity index (χ0) is 33.1. The third-order valence-corrected chi connectivity index (χ3v) is 7.94. The SMILES string of the molecule is O=C(O)C(F)(F)F.O=C(c1ccc(OC(F)(F)F)cc1)N1CCC(c2ccnc3nc([C@H]4CNC[C@@H]4c4ccncc4)[nH]c23)CC1. The number of carboxylic acid groups (broad SMARTS) is 1. The van der Waals surface area contributed by atoms with E-state index in [9.17, 15) is 31.1 Å². The van der Waals surface area contributed by atoms with E-state index in [2.05, 4.69) is 37.1 Å². The maximum Gasteiger partial charge on any atom is 0.573 e. The number of imidazole rings is 1. The van der Waals surface area contributed by atoms with Crippen molar-refractivity contribution in [2.45, 2.75) is 43.1 Å². The fourth-order valence-electron chi connectivity index (χ4n) is 5.77. The smallest absolute Gasteiger partial charge is 0.475 e. The van der Waals surface area contributed by atoms with Crippen LogP contribution in [-0.2, 0) is 4.79 Å². The predicted molar refractivity (Wildman–Crippen MR) is 151 cm³/mol. The van der Waals surface area contributed by atoms with Crippen LogP contribution in [0.5, 0.6) is 5.75 Å². The third kappa shape index (κ3) is 7.73. The van der Waals surface area contributed by atoms with Crippen LogP contribution in [0.1, 0.15) is 57.9 Å². The molecular weight excluding hydrogens is 622 g/mol. The minimum absolute atomic E-state index is 0.196. The van der Waals surface area contributed by atoms with Crippen molar-refractivity contribution < 1.29 is 45.8 Å². The number of carboxylic acids is 1. The summed E-state index contributed by atoms with van der Waals surface area (Å²) in [5, 5.41) is 10.6. The Morgan fingerprint density at radius 3 is 2.13 bits per heavy atom. The number of pyridine rings is 2. The Labute approximate surface area is 257 Å². The average Bonchev–Trinajstić information content (AvgIpc) is 3.68. The number of hydrogen-bond donors (Lipinski definition) is 3. The van der Waals surface area contributed by atoms with Gasteiger partial charge in [0.1, 0.15) is 11.6 Å². The van der Waals surface area contributed by atoms with Crippen molar-refractivity contribution in [2.75, 3.05) is 26.2 Å². The Morgan fingerprint density at radius 1 is 0.891 bits per heavy atom. The fourth-order valence-corrected chi connectivity index (χ4v) is 5.77. The Hall–Kier alpha value is -4.73. The van der Waals surface area contributed by atoms with Gasteiger partial charge in [0.2, 0.25) is 0 Å². The first kappa shape index (κ1) is 32.7. The van der Waals surface area contributed by atoms with Crippen LogP contribution in [0.2, 0.25) is 0 Å². The van der Waals surface area contributed by atoms with Gasteiger partial charge in [-0.3, -0.25) is 9.78 Å². The summed E-state index contributed by atoms with van der Waals surface area (Å²) in [5.74, 6) is -1.67. The van der Waals surface area contributed by atoms with Crippen LogP contribution >= 0.6 is 0 Å². The van der Waals surface area contributed by atoms with Gasteiger partial charge in [-0.1, -0.05) is 0 Å². The summed E-state index contributed by atoms with van der Waals surface area (Å²) in [4.78, 5) is 40.7. The highest BCUT2D eigenvalue weighted by Crippen LogP contribution is 2.37. The van der Waals surface area contributed by atoms with Crippen LogP contribution in [0.15, 0.2) is 61.1 Å². The number of nitrogens with zero attached hydrogens (tertiary/aromatic N) is 4. The Kier molecular flexibility index (Phi) is 9.46. The molecule has 2 saturated heterocycles. The molecule has 0 radical (unpaired) electrons. The minimum Gasteiger partial charge on any atom is -0.475 e. The molecule has 0 saturated carbocycles. The first-order valence-corrected chi connectivity index (χ1v) is 14.2. The molecule has 2 atom stereocenters. The number of aliphatic carboxylic acids is 1. The van der Waals surface area contributed by atoms with Crippen LogP contribution in [-0.4, -0.2) is 80.5 Å². The summed E-state index contributed by atoms with van der Waals surface area (Å²) in [6.07, 6.45) is -2.90. The Balaban J connectivity index is 0.000000537. The summed E-state index contributed by atoms with van der Waals surface area (Å²) in [7, 11) is 0. The molecule has 5 heterocycles. The number of piperidine rings is 1. The number of H-pyrrole nitrogens is 1. The topological polar surface area (TPSA) is 133 Å². The first-order valence-electron chi connectivity index (χ1n) is 14.2. The van der Waals surface area contributed by atoms with E-state index in [4.69, 9.17) is 14.9 Å². The monoisotopic (exact) mass is 650 g/mol. The van der Waals surface area contributed by atoms with Gasteiger partial charge >= 0.3 is 18.5 Å². The van der Waals surface area contributed by atoms with Crippen molar-refractivity contribution in [3.05, 3.63) is 83.6 Å². The Bertz CT molecular complexity index is 1650. The molecule has 10 nitrogen and oxygen atoms in total. The quantitative estimate of drug-likeness (QED) is 0.246. The summed E-state index contributed by atoms with van der Waals surface area (Å²) in [6.45, 7) is 2.79. The van der Waals surface area contributed by atoms with Crippen molar-refractivity contribution in [3.8, 4) is 5.75 Å². The third-order valence-electron chi connectivity index (χ3n) is 7.94. The van der Waals surface area contributed by atoms with Crippen molar-refractivity contribution in [1.29, 1.82) is 0 Å². The van der Waals surface area contributed by atoms with Gasteiger partial charge in [-0.25, -0.2) is 14.8 Å². The van der Waals surface area contributed by atoms with E-state index < -0.39 is 18.5 Å². The number of halogens is 6. The molecule has 16 heteroatoms. The van der Waals surface area contributed by atoms with Gasteiger partial charge in [0, 0.05) is 62.2 Å². The van der Waals surface area contributed by atoms with E-state index in [0.29, 0.717) is 30.2 Å². The molecule has 0 aliphatic carbocycles. The van der Waals surface area contributed by atoms with Gasteiger partial charge in [-0.05, 0) is 72.4 Å². The van der Waals surface area contributed by atoms with Crippen molar-refractivity contribution in [3.63, 3.8) is 0 Å². The fraction of sp³-hybridized carbons (Fsp3) is 0.367. The second-order valence-corrected chi connectivity index (χ2v) is 10.8. The highest BCUT2D eigenvalue weighted by Gasteiger charge is 2.38. The lowest BCUT2D eigenvalue weighted by molar-refractivity contribution is -0.274. The number of amides is 1. The molecule has 0 bridgehead atoms. The molecule has 2 fully saturated rings. The molecule has 0 spiro atoms. The van der Waals surface area contributed by atoms with Crippen LogP contribution < -0.4 is 10.1 Å². The summed E-state index contributed by atoms with van der Waals surface area (Å²) in [6, 6.07) is 11.2. The van der Waals surface area contributed by atoms with Crippen LogP contribution in [0.4, 0.5) is 26.3 Å². The molecule has 1 amide bonds. The number of aromatic amines is 1. The lowest BCUT2D eigenvalue weighted by Crippen LogP contribution is -2.38. The normalized spacial score (nSPS) is 19.0. The van der Waals surface area contributed by atoms with Gasteiger partial charge in [0.15, 0.2) is 5.65 Å². The highest BCUT2D eigenvalue weighted by molar-refractivity contribution is 5.94. The molecule has 2 aliphatic rings. The van der Waals surface area contributed by atoms with E-state index in [1.165, 1.54) is 17.7 Å². The number of likely N-dealkylation sites (tertiary alicyclic amines) is 1. The average molecular weight is 651 g/mol. The Morgan fingerprint density at radius 2 is 1.52 bits per heavy atom. The number of ether oxygens (including phenoxy) is 1. The standard InChI is InChI=1S/C28H27F3N6O2.C2HF3O2/c29-28(30,31)39-20-3-1-19(2-4-20)27(38)37-13-8-18(9-14-37)21-7-12-34-26-24(21)35-25(36-26)23-16-33-15-22(23)17-5-10-32-11-6-17;3-2(4,5)1(6)7/h1-7,10-12,18,22-23,33H,8-9,13-16H2,(H,34,35,36);(H,6,7)/t22-,23+;/m1./s1. The first-order chi connectivity index (χ1) is 21.8. The second-order valence-electron chi connectivity index (χ2n) is 10.8. The summed E-state index contributed by atoms with van der Waals surface area (Å²) < 4.78 is 72.9. The van der Waals surface area contributed by atoms with Crippen molar-refractivity contribution in [2.24, 2.45) is 0 Å². The van der Waals surface area contributed by atoms with E-state index in [0.717, 1.165) is 55.0 Å². The predicted octanol–water partition coefficient (Wildman–Crippen LogP) is 5.38. The number of nitrogens with one attached hydrogen (secondary N) is 2. The van der Waals surface area contributed by atoms with Gasteiger partial charge < -0.3 is 25.0 Å². The zero-order valence-corrected chi connectivity index (χ0v) is 24.0. The van der Waals surface area contributed by atoms with Gasteiger partial charge in [0.05, 0.1) is 5.52 Å². The van der Waals surface area contributed by atoms with Crippen molar-refractivity contribution >= 4 is 23.0 Å². The molecule has 46 heavy (non-hydrogen) atoms. The van der Waals surface area contributed by atoms with Crippen LogP contribution in [0.3, 0.4) is 0 Å². The molecule has 2 aliphatic heterocycles. The zero-order valence-electron chi connectivity index (χ0n) is 24.0. The lowest BCUT2D eigenvalue weighted by Gasteiger charge is -2.32. The lowest BCUT2D eigenvalue weighted by atomic mass is 9.88. The number of fused-ring (bicyclic) bond motifs is 1. The van der Waals surface area contributed by atoms with E-state index in [1.807, 2.05) is 18.5 Å². The second kappa shape index (κ2) is 13.3. The van der Waals surface area contributed by atoms with Gasteiger partial charge in [-0.15, -0.1) is 13.2 Å². The van der Waals surface area contributed by atoms with E-state index >= 15 is 0 Å². The van der Waals surface area contributed by atoms with Gasteiger partial charge in [-0.2, -0.15) is 13.2 Å². The molecule has 244 valence electrons. The number of carbonyl (C=O) groups is 2. The number of rotatable bonds is 5. The summed E-state index contributed by atoms with van der Waals surface area (Å²) in [5.41, 5.74) is 4.35. The number of benzene rings is 1. The molecule has 1 aromatic carbocycles. The number of hydrogen-bond acceptors (Lipinski definition) is 7. The molecule has 3 N–H and O–H groups in total. The molecule has 3 aromatic heterocycles. The largest absolute Gasteiger partial charge is 0.573 e. The number of carbonyl (C=O) groups excluding carboxylic acids is 1. The van der Waals surface area contributed by atoms with Crippen LogP contribution in [0, 0.1) is 0 Å². The van der Waals surface area contributed by atoms with Gasteiger partial charge in [0.25, 0.3) is 5.91 Å². The molecule has 0 unspecified atom stereocenters. The van der Waals surface area contributed by atoms with E-state index in [-0.39, 0.29) is 23.5 Å². The summed E-state index contributed by atoms with van der Waals surface area (Å²) >= 11 is 0. The maximum absolute atomic E-state index is 13.0. The molecule has 6 rings (SSSR count). The molecule has 4 aromatic rings. The number of aromatic nitrogens is 4. The van der Waals surface area contributed by atoms with E-state index in [1.54, 1.807) is 11.1 Å². The highest BCUT2D eigenvalue weighted by atomic mass is 19.4. The van der Waals surface area contributed by atoms with Crippen LogP contribution in [0.25, 0.3) is 11.2 Å². The van der Waals surface area contributed by atoms with Crippen molar-refractivity contribution in [1.82, 2.24) is 30.2 Å². The number of alkyl halides is 6. The molecular formula is C30H28F6N6O4.